The number of rotatable bonds is 6. The molecule has 1 rings (SSSR count). The first-order valence-corrected chi connectivity index (χ1v) is 5.63. The van der Waals surface area contributed by atoms with E-state index < -0.39 is 0 Å². The molecule has 0 aliphatic heterocycles. The van der Waals surface area contributed by atoms with E-state index in [1.807, 2.05) is 0 Å². The Morgan fingerprint density at radius 1 is 1.38 bits per heavy atom. The van der Waals surface area contributed by atoms with Crippen LogP contribution < -0.4 is 5.32 Å². The maximum Gasteiger partial charge on any atom is 0.0466 e. The molecule has 1 N–H and O–H groups in total. The summed E-state index contributed by atoms with van der Waals surface area (Å²) >= 11 is 0. The number of hydrogen-bond donors (Lipinski definition) is 1. The lowest BCUT2D eigenvalue weighted by Gasteiger charge is -2.18. The van der Waals surface area contributed by atoms with Gasteiger partial charge in [0.15, 0.2) is 0 Å². The fraction of sp³-hybridized carbons (Fsp3) is 1.00. The van der Waals surface area contributed by atoms with Gasteiger partial charge in [-0.25, -0.2) is 0 Å². The quantitative estimate of drug-likeness (QED) is 0.640. The lowest BCUT2D eigenvalue weighted by atomic mass is 9.98. The normalized spacial score (nSPS) is 28.2. The second-order valence-electron chi connectivity index (χ2n) is 3.93. The molecule has 0 spiro atoms. The summed E-state index contributed by atoms with van der Waals surface area (Å²) in [6.07, 6.45) is 6.76. The zero-order valence-electron chi connectivity index (χ0n) is 9.01. The van der Waals surface area contributed by atoms with Crippen LogP contribution in [0.4, 0.5) is 0 Å². The molecule has 0 heterocycles. The molecule has 2 atom stereocenters. The molecule has 2 nitrogen and oxygen atoms in total. The number of hydrogen-bond acceptors (Lipinski definition) is 2. The Morgan fingerprint density at radius 3 is 2.92 bits per heavy atom. The minimum absolute atomic E-state index is 0.779. The average Bonchev–Trinajstić information content (AvgIpc) is 2.60. The predicted octanol–water partition coefficient (Wildman–Crippen LogP) is 2.19. The van der Waals surface area contributed by atoms with Crippen LogP contribution in [0.1, 0.15) is 39.0 Å². The van der Waals surface area contributed by atoms with Crippen molar-refractivity contribution in [3.05, 3.63) is 0 Å². The fourth-order valence-electron chi connectivity index (χ4n) is 2.35. The zero-order chi connectivity index (χ0) is 9.52. The molecule has 1 fully saturated rings. The van der Waals surface area contributed by atoms with E-state index in [0.717, 1.165) is 25.2 Å². The molecule has 0 aromatic rings. The fourth-order valence-corrected chi connectivity index (χ4v) is 2.35. The molecule has 0 bridgehead atoms. The van der Waals surface area contributed by atoms with Gasteiger partial charge in [0.1, 0.15) is 0 Å². The van der Waals surface area contributed by atoms with Gasteiger partial charge in [-0.05, 0) is 45.6 Å². The van der Waals surface area contributed by atoms with Crippen molar-refractivity contribution >= 4 is 0 Å². The molecule has 2 heteroatoms. The van der Waals surface area contributed by atoms with E-state index in [9.17, 15) is 0 Å². The third-order valence-corrected chi connectivity index (χ3v) is 3.10. The summed E-state index contributed by atoms with van der Waals surface area (Å²) < 4.78 is 5.34. The molecule has 1 aliphatic carbocycles. The van der Waals surface area contributed by atoms with Crippen LogP contribution in [0.3, 0.4) is 0 Å². The first-order chi connectivity index (χ1) is 6.38. The molecule has 0 aromatic carbocycles. The molecule has 0 amide bonds. The SMILES string of the molecule is CCOCCCC1CCCC1NC. The average molecular weight is 185 g/mol. The summed E-state index contributed by atoms with van der Waals surface area (Å²) in [6.45, 7) is 3.87. The van der Waals surface area contributed by atoms with Gasteiger partial charge in [-0.1, -0.05) is 6.42 Å². The standard InChI is InChI=1S/C11H23NO/c1-3-13-9-5-7-10-6-4-8-11(10)12-2/h10-12H,3-9H2,1-2H3. The van der Waals surface area contributed by atoms with Gasteiger partial charge in [0.05, 0.1) is 0 Å². The molecule has 1 aliphatic rings. The van der Waals surface area contributed by atoms with Gasteiger partial charge in [-0.3, -0.25) is 0 Å². The van der Waals surface area contributed by atoms with Crippen LogP contribution in [-0.4, -0.2) is 26.3 Å². The topological polar surface area (TPSA) is 21.3 Å². The van der Waals surface area contributed by atoms with Crippen molar-refractivity contribution in [2.45, 2.75) is 45.1 Å². The van der Waals surface area contributed by atoms with Gasteiger partial charge in [-0.15, -0.1) is 0 Å². The van der Waals surface area contributed by atoms with Gasteiger partial charge in [0, 0.05) is 19.3 Å². The van der Waals surface area contributed by atoms with E-state index in [-0.39, 0.29) is 0 Å². The van der Waals surface area contributed by atoms with E-state index in [1.165, 1.54) is 32.1 Å². The Labute approximate surface area is 82.0 Å². The predicted molar refractivity (Wildman–Crippen MR) is 55.9 cm³/mol. The van der Waals surface area contributed by atoms with E-state index in [1.54, 1.807) is 0 Å². The summed E-state index contributed by atoms with van der Waals surface area (Å²) in [4.78, 5) is 0. The first-order valence-electron chi connectivity index (χ1n) is 5.63. The largest absolute Gasteiger partial charge is 0.382 e. The number of ether oxygens (including phenoxy) is 1. The van der Waals surface area contributed by atoms with Crippen molar-refractivity contribution < 1.29 is 4.74 Å². The van der Waals surface area contributed by atoms with Crippen molar-refractivity contribution in [2.75, 3.05) is 20.3 Å². The summed E-state index contributed by atoms with van der Waals surface area (Å²) in [5, 5.41) is 3.41. The highest BCUT2D eigenvalue weighted by molar-refractivity contribution is 4.81. The Morgan fingerprint density at radius 2 is 2.23 bits per heavy atom. The molecule has 0 saturated heterocycles. The molecule has 2 unspecified atom stereocenters. The Bertz CT molecular complexity index is 127. The monoisotopic (exact) mass is 185 g/mol. The van der Waals surface area contributed by atoms with E-state index >= 15 is 0 Å². The van der Waals surface area contributed by atoms with E-state index in [0.29, 0.717) is 0 Å². The maximum atomic E-state index is 5.34. The van der Waals surface area contributed by atoms with Gasteiger partial charge in [0.25, 0.3) is 0 Å². The van der Waals surface area contributed by atoms with Gasteiger partial charge in [0.2, 0.25) is 0 Å². The summed E-state index contributed by atoms with van der Waals surface area (Å²) in [7, 11) is 2.09. The molecule has 0 aromatic heterocycles. The van der Waals surface area contributed by atoms with Crippen molar-refractivity contribution in [1.82, 2.24) is 5.32 Å². The minimum Gasteiger partial charge on any atom is -0.382 e. The van der Waals surface area contributed by atoms with Crippen molar-refractivity contribution in [1.29, 1.82) is 0 Å². The van der Waals surface area contributed by atoms with Crippen LogP contribution in [0, 0.1) is 5.92 Å². The highest BCUT2D eigenvalue weighted by Gasteiger charge is 2.24. The summed E-state index contributed by atoms with van der Waals surface area (Å²) in [5.41, 5.74) is 0. The van der Waals surface area contributed by atoms with Crippen molar-refractivity contribution in [3.63, 3.8) is 0 Å². The second-order valence-corrected chi connectivity index (χ2v) is 3.93. The maximum absolute atomic E-state index is 5.34. The summed E-state index contributed by atoms with van der Waals surface area (Å²) in [6, 6.07) is 0.779. The van der Waals surface area contributed by atoms with Crippen LogP contribution in [-0.2, 0) is 4.74 Å². The molecule has 0 radical (unpaired) electrons. The van der Waals surface area contributed by atoms with E-state index in [2.05, 4.69) is 19.3 Å². The van der Waals surface area contributed by atoms with Gasteiger partial charge < -0.3 is 10.1 Å². The second kappa shape index (κ2) is 6.39. The van der Waals surface area contributed by atoms with Crippen LogP contribution in [0.5, 0.6) is 0 Å². The van der Waals surface area contributed by atoms with Crippen molar-refractivity contribution in [2.24, 2.45) is 5.92 Å². The third kappa shape index (κ3) is 3.65. The van der Waals surface area contributed by atoms with Crippen LogP contribution in [0.2, 0.25) is 0 Å². The van der Waals surface area contributed by atoms with Gasteiger partial charge >= 0.3 is 0 Å². The molecule has 78 valence electrons. The highest BCUT2D eigenvalue weighted by atomic mass is 16.5. The smallest absolute Gasteiger partial charge is 0.0466 e. The van der Waals surface area contributed by atoms with Crippen molar-refractivity contribution in [3.8, 4) is 0 Å². The Hall–Kier alpha value is -0.0800. The lowest BCUT2D eigenvalue weighted by Crippen LogP contribution is -2.28. The number of nitrogens with one attached hydrogen (secondary N) is 1. The Balaban J connectivity index is 2.06. The van der Waals surface area contributed by atoms with E-state index in [4.69, 9.17) is 4.74 Å². The summed E-state index contributed by atoms with van der Waals surface area (Å²) in [5.74, 6) is 0.908. The van der Waals surface area contributed by atoms with Crippen LogP contribution >= 0.6 is 0 Å². The lowest BCUT2D eigenvalue weighted by molar-refractivity contribution is 0.138. The van der Waals surface area contributed by atoms with Crippen LogP contribution in [0.25, 0.3) is 0 Å². The third-order valence-electron chi connectivity index (χ3n) is 3.10. The zero-order valence-corrected chi connectivity index (χ0v) is 9.01. The highest BCUT2D eigenvalue weighted by Crippen LogP contribution is 2.28. The minimum atomic E-state index is 0.779. The molecule has 1 saturated carbocycles. The van der Waals surface area contributed by atoms with Crippen LogP contribution in [0.15, 0.2) is 0 Å². The first kappa shape index (κ1) is 11.0. The van der Waals surface area contributed by atoms with Gasteiger partial charge in [-0.2, -0.15) is 0 Å². The molecule has 13 heavy (non-hydrogen) atoms. The Kier molecular flexibility index (Phi) is 5.40. The molecular weight excluding hydrogens is 162 g/mol. The molecular formula is C11H23NO.